The Hall–Kier alpha value is -0.740. The van der Waals surface area contributed by atoms with Gasteiger partial charge in [-0.25, -0.2) is 4.98 Å². The average Bonchev–Trinajstić information content (AvgIpc) is 2.48. The van der Waals surface area contributed by atoms with Crippen LogP contribution in [0.2, 0.25) is 0 Å². The van der Waals surface area contributed by atoms with Gasteiger partial charge < -0.3 is 5.11 Å². The summed E-state index contributed by atoms with van der Waals surface area (Å²) in [6.45, 7) is -0.0750. The Morgan fingerprint density at radius 2 is 2.46 bits per heavy atom. The van der Waals surface area contributed by atoms with Gasteiger partial charge in [0.2, 0.25) is 0 Å². The van der Waals surface area contributed by atoms with Gasteiger partial charge in [-0.05, 0) is 12.8 Å². The normalized spacial score (nSPS) is 17.0. The van der Waals surface area contributed by atoms with Gasteiger partial charge in [0, 0.05) is 11.3 Å². The highest BCUT2D eigenvalue weighted by Gasteiger charge is 2.27. The number of hydrogen-bond donors (Lipinski definition) is 1. The number of aromatic nitrogens is 1. The highest BCUT2D eigenvalue weighted by atomic mass is 32.1. The molecule has 1 N–H and O–H groups in total. The molecular weight excluding hydrogens is 186 g/mol. The van der Waals surface area contributed by atoms with E-state index in [0.717, 1.165) is 19.3 Å². The third-order valence-electron chi connectivity index (χ3n) is 2.40. The molecule has 0 amide bonds. The molecule has 13 heavy (non-hydrogen) atoms. The number of rotatable bonds is 3. The molecule has 0 spiro atoms. The van der Waals surface area contributed by atoms with Crippen LogP contribution in [0, 0.1) is 5.92 Å². The maximum Gasteiger partial charge on any atom is 0.194 e. The lowest BCUT2D eigenvalue weighted by atomic mass is 9.82. The van der Waals surface area contributed by atoms with E-state index in [4.69, 9.17) is 5.11 Å². The van der Waals surface area contributed by atoms with Gasteiger partial charge in [-0.15, -0.1) is 11.3 Å². The molecule has 0 aromatic carbocycles. The fraction of sp³-hybridized carbons (Fsp3) is 0.556. The predicted molar refractivity (Wildman–Crippen MR) is 49.7 cm³/mol. The second kappa shape index (κ2) is 3.55. The van der Waals surface area contributed by atoms with Crippen LogP contribution in [-0.4, -0.2) is 15.9 Å². The number of ketones is 1. The van der Waals surface area contributed by atoms with Gasteiger partial charge in [0.05, 0.1) is 12.3 Å². The molecule has 1 aliphatic rings. The number of aliphatic hydroxyl groups is 1. The summed E-state index contributed by atoms with van der Waals surface area (Å²) in [5, 5.41) is 11.1. The quantitative estimate of drug-likeness (QED) is 0.749. The summed E-state index contributed by atoms with van der Waals surface area (Å²) in [7, 11) is 0. The fourth-order valence-electron chi connectivity index (χ4n) is 1.34. The summed E-state index contributed by atoms with van der Waals surface area (Å²) < 4.78 is 0. The monoisotopic (exact) mass is 197 g/mol. The molecule has 1 aliphatic carbocycles. The van der Waals surface area contributed by atoms with E-state index in [1.807, 2.05) is 0 Å². The van der Waals surface area contributed by atoms with Gasteiger partial charge in [-0.2, -0.15) is 0 Å². The number of thiazole rings is 1. The molecule has 0 bridgehead atoms. The van der Waals surface area contributed by atoms with Crippen molar-refractivity contribution >= 4 is 17.1 Å². The molecule has 0 saturated heterocycles. The SMILES string of the molecule is O=C(c1nc(CO)cs1)C1CCC1. The molecular formula is C9H11NO2S. The second-order valence-corrected chi connectivity index (χ2v) is 4.15. The van der Waals surface area contributed by atoms with E-state index < -0.39 is 0 Å². The first-order valence-electron chi connectivity index (χ1n) is 4.40. The largest absolute Gasteiger partial charge is 0.390 e. The minimum Gasteiger partial charge on any atom is -0.390 e. The highest BCUT2D eigenvalue weighted by molar-refractivity contribution is 7.11. The molecule has 2 rings (SSSR count). The first-order valence-corrected chi connectivity index (χ1v) is 5.28. The lowest BCUT2D eigenvalue weighted by Gasteiger charge is -2.22. The summed E-state index contributed by atoms with van der Waals surface area (Å²) >= 11 is 1.34. The minimum atomic E-state index is -0.0750. The standard InChI is InChI=1S/C9H11NO2S/c11-4-7-5-13-9(10-7)8(12)6-2-1-3-6/h5-6,11H,1-4H2. The fourth-order valence-corrected chi connectivity index (χ4v) is 2.17. The summed E-state index contributed by atoms with van der Waals surface area (Å²) in [4.78, 5) is 15.7. The van der Waals surface area contributed by atoms with Crippen LogP contribution >= 0.6 is 11.3 Å². The van der Waals surface area contributed by atoms with Crippen molar-refractivity contribution in [3.63, 3.8) is 0 Å². The van der Waals surface area contributed by atoms with Gasteiger partial charge in [0.1, 0.15) is 0 Å². The van der Waals surface area contributed by atoms with Crippen LogP contribution in [-0.2, 0) is 6.61 Å². The Balaban J connectivity index is 2.10. The van der Waals surface area contributed by atoms with Gasteiger partial charge in [-0.3, -0.25) is 4.79 Å². The number of hydrogen-bond acceptors (Lipinski definition) is 4. The van der Waals surface area contributed by atoms with E-state index in [1.165, 1.54) is 11.3 Å². The van der Waals surface area contributed by atoms with Crippen molar-refractivity contribution in [1.82, 2.24) is 4.98 Å². The smallest absolute Gasteiger partial charge is 0.194 e. The predicted octanol–water partition coefficient (Wildman–Crippen LogP) is 1.62. The molecule has 0 radical (unpaired) electrons. The van der Waals surface area contributed by atoms with Crippen molar-refractivity contribution in [2.75, 3.05) is 0 Å². The average molecular weight is 197 g/mol. The molecule has 3 nitrogen and oxygen atoms in total. The third-order valence-corrected chi connectivity index (χ3v) is 3.31. The van der Waals surface area contributed by atoms with Crippen molar-refractivity contribution in [3.05, 3.63) is 16.1 Å². The molecule has 1 fully saturated rings. The number of aliphatic hydroxyl groups excluding tert-OH is 1. The van der Waals surface area contributed by atoms with Crippen molar-refractivity contribution in [2.45, 2.75) is 25.9 Å². The zero-order valence-electron chi connectivity index (χ0n) is 7.19. The van der Waals surface area contributed by atoms with Gasteiger partial charge in [0.15, 0.2) is 10.8 Å². The minimum absolute atomic E-state index is 0.0750. The number of carbonyl (C=O) groups is 1. The lowest BCUT2D eigenvalue weighted by molar-refractivity contribution is 0.0854. The first-order chi connectivity index (χ1) is 6.31. The zero-order chi connectivity index (χ0) is 9.26. The number of nitrogens with zero attached hydrogens (tertiary/aromatic N) is 1. The van der Waals surface area contributed by atoms with Crippen LogP contribution in [0.25, 0.3) is 0 Å². The van der Waals surface area contributed by atoms with Gasteiger partial charge in [0.25, 0.3) is 0 Å². The topological polar surface area (TPSA) is 50.2 Å². The van der Waals surface area contributed by atoms with Gasteiger partial charge in [-0.1, -0.05) is 6.42 Å². The maximum absolute atomic E-state index is 11.6. The highest BCUT2D eigenvalue weighted by Crippen LogP contribution is 2.30. The molecule has 0 unspecified atom stereocenters. The van der Waals surface area contributed by atoms with Crippen LogP contribution in [0.5, 0.6) is 0 Å². The van der Waals surface area contributed by atoms with Crippen molar-refractivity contribution in [3.8, 4) is 0 Å². The van der Waals surface area contributed by atoms with E-state index in [9.17, 15) is 4.79 Å². The molecule has 1 saturated carbocycles. The summed E-state index contributed by atoms with van der Waals surface area (Å²) in [6.07, 6.45) is 3.17. The summed E-state index contributed by atoms with van der Waals surface area (Å²) in [6, 6.07) is 0. The van der Waals surface area contributed by atoms with E-state index in [0.29, 0.717) is 10.7 Å². The van der Waals surface area contributed by atoms with E-state index >= 15 is 0 Å². The van der Waals surface area contributed by atoms with E-state index in [1.54, 1.807) is 5.38 Å². The van der Waals surface area contributed by atoms with E-state index in [-0.39, 0.29) is 18.3 Å². The Bertz CT molecular complexity index is 317. The second-order valence-electron chi connectivity index (χ2n) is 3.29. The molecule has 0 atom stereocenters. The Morgan fingerprint density at radius 3 is 2.92 bits per heavy atom. The van der Waals surface area contributed by atoms with E-state index in [2.05, 4.69) is 4.98 Å². The molecule has 1 aromatic rings. The Kier molecular flexibility index (Phi) is 2.42. The molecule has 70 valence electrons. The van der Waals surface area contributed by atoms with Crippen LogP contribution in [0.15, 0.2) is 5.38 Å². The van der Waals surface area contributed by atoms with Crippen LogP contribution in [0.4, 0.5) is 0 Å². The Labute approximate surface area is 80.4 Å². The molecule has 4 heteroatoms. The summed E-state index contributed by atoms with van der Waals surface area (Å²) in [5.41, 5.74) is 0.604. The molecule has 1 aromatic heterocycles. The first kappa shape index (κ1) is 8.84. The van der Waals surface area contributed by atoms with Crippen LogP contribution < -0.4 is 0 Å². The van der Waals surface area contributed by atoms with Crippen molar-refractivity contribution < 1.29 is 9.90 Å². The lowest BCUT2D eigenvalue weighted by Crippen LogP contribution is -2.21. The summed E-state index contributed by atoms with van der Waals surface area (Å²) in [5.74, 6) is 0.369. The van der Waals surface area contributed by atoms with Gasteiger partial charge >= 0.3 is 0 Å². The number of Topliss-reactive ketones (excluding diaryl/α,β-unsaturated/α-hetero) is 1. The molecule has 0 aliphatic heterocycles. The zero-order valence-corrected chi connectivity index (χ0v) is 8.01. The third kappa shape index (κ3) is 1.64. The Morgan fingerprint density at radius 1 is 1.69 bits per heavy atom. The van der Waals surface area contributed by atoms with Crippen LogP contribution in [0.1, 0.15) is 34.8 Å². The van der Waals surface area contributed by atoms with Crippen LogP contribution in [0.3, 0.4) is 0 Å². The molecule has 1 heterocycles. The van der Waals surface area contributed by atoms with Crippen molar-refractivity contribution in [1.29, 1.82) is 0 Å². The number of carbonyl (C=O) groups excluding carboxylic acids is 1. The maximum atomic E-state index is 11.6. The van der Waals surface area contributed by atoms with Crippen molar-refractivity contribution in [2.24, 2.45) is 5.92 Å².